The SMILES string of the molecule is COC(=O)COc1cc(C)c2c(c1)O/C(=C\c1cccc([N+](=O)[O-])c1)C2=O. The van der Waals surface area contributed by atoms with Crippen LogP contribution in [0.4, 0.5) is 5.69 Å². The number of nitrogens with zero attached hydrogens (tertiary/aromatic N) is 1. The Kier molecular flexibility index (Phi) is 4.89. The van der Waals surface area contributed by atoms with E-state index in [4.69, 9.17) is 9.47 Å². The van der Waals surface area contributed by atoms with Crippen LogP contribution in [0.1, 0.15) is 21.5 Å². The Bertz CT molecular complexity index is 978. The van der Waals surface area contributed by atoms with Crippen LogP contribution < -0.4 is 9.47 Å². The van der Waals surface area contributed by atoms with Gasteiger partial charge in [0.15, 0.2) is 12.4 Å². The lowest BCUT2D eigenvalue weighted by atomic mass is 10.0. The van der Waals surface area contributed by atoms with Gasteiger partial charge in [0, 0.05) is 18.2 Å². The van der Waals surface area contributed by atoms with Crippen LogP contribution in [0.25, 0.3) is 6.08 Å². The Labute approximate surface area is 154 Å². The van der Waals surface area contributed by atoms with Gasteiger partial charge in [-0.3, -0.25) is 14.9 Å². The summed E-state index contributed by atoms with van der Waals surface area (Å²) in [5, 5.41) is 10.9. The van der Waals surface area contributed by atoms with Gasteiger partial charge in [-0.05, 0) is 30.2 Å². The van der Waals surface area contributed by atoms with Crippen molar-refractivity contribution in [2.24, 2.45) is 0 Å². The Hall–Kier alpha value is -3.68. The lowest BCUT2D eigenvalue weighted by Crippen LogP contribution is -2.12. The normalized spacial score (nSPS) is 13.9. The second-order valence-electron chi connectivity index (χ2n) is 5.77. The number of esters is 1. The number of methoxy groups -OCH3 is 1. The molecular weight excluding hydrogens is 354 g/mol. The van der Waals surface area contributed by atoms with Gasteiger partial charge in [-0.25, -0.2) is 4.79 Å². The highest BCUT2D eigenvalue weighted by molar-refractivity contribution is 6.15. The van der Waals surface area contributed by atoms with Crippen LogP contribution in [0.5, 0.6) is 11.5 Å². The van der Waals surface area contributed by atoms with Crippen LogP contribution in [-0.2, 0) is 9.53 Å². The van der Waals surface area contributed by atoms with Gasteiger partial charge in [-0.1, -0.05) is 12.1 Å². The number of fused-ring (bicyclic) bond motifs is 1. The molecular formula is C19H15NO7. The molecule has 0 amide bonds. The van der Waals surface area contributed by atoms with E-state index in [2.05, 4.69) is 4.74 Å². The molecule has 2 aromatic carbocycles. The quantitative estimate of drug-likeness (QED) is 0.345. The van der Waals surface area contributed by atoms with Crippen molar-refractivity contribution in [2.75, 3.05) is 13.7 Å². The largest absolute Gasteiger partial charge is 0.482 e. The molecule has 0 aromatic heterocycles. The highest BCUT2D eigenvalue weighted by Crippen LogP contribution is 2.37. The van der Waals surface area contributed by atoms with Crippen LogP contribution >= 0.6 is 0 Å². The number of allylic oxidation sites excluding steroid dienone is 1. The second-order valence-corrected chi connectivity index (χ2v) is 5.77. The maximum absolute atomic E-state index is 12.6. The Morgan fingerprint density at radius 3 is 2.78 bits per heavy atom. The second kappa shape index (κ2) is 7.28. The van der Waals surface area contributed by atoms with Crippen LogP contribution in [-0.4, -0.2) is 30.4 Å². The molecule has 0 N–H and O–H groups in total. The van der Waals surface area contributed by atoms with Gasteiger partial charge in [0.2, 0.25) is 5.78 Å². The first-order valence-electron chi connectivity index (χ1n) is 7.92. The monoisotopic (exact) mass is 369 g/mol. The Morgan fingerprint density at radius 2 is 2.07 bits per heavy atom. The molecule has 0 spiro atoms. The zero-order valence-electron chi connectivity index (χ0n) is 14.6. The van der Waals surface area contributed by atoms with Crippen molar-refractivity contribution in [1.82, 2.24) is 0 Å². The summed E-state index contributed by atoms with van der Waals surface area (Å²) in [6, 6.07) is 9.02. The molecule has 8 heteroatoms. The lowest BCUT2D eigenvalue weighted by Gasteiger charge is -2.08. The summed E-state index contributed by atoms with van der Waals surface area (Å²) in [7, 11) is 1.26. The maximum Gasteiger partial charge on any atom is 0.343 e. The predicted octanol–water partition coefficient (Wildman–Crippen LogP) is 3.07. The zero-order chi connectivity index (χ0) is 19.6. The molecule has 27 heavy (non-hydrogen) atoms. The number of aryl methyl sites for hydroxylation is 1. The van der Waals surface area contributed by atoms with E-state index in [1.54, 1.807) is 19.1 Å². The number of hydrogen-bond donors (Lipinski definition) is 0. The molecule has 138 valence electrons. The van der Waals surface area contributed by atoms with Gasteiger partial charge in [0.25, 0.3) is 5.69 Å². The molecule has 1 heterocycles. The number of benzene rings is 2. The number of hydrogen-bond acceptors (Lipinski definition) is 7. The third-order valence-electron chi connectivity index (χ3n) is 3.91. The Balaban J connectivity index is 1.88. The fraction of sp³-hybridized carbons (Fsp3) is 0.158. The summed E-state index contributed by atoms with van der Waals surface area (Å²) < 4.78 is 15.5. The van der Waals surface area contributed by atoms with E-state index in [1.165, 1.54) is 37.5 Å². The lowest BCUT2D eigenvalue weighted by molar-refractivity contribution is -0.384. The van der Waals surface area contributed by atoms with Crippen molar-refractivity contribution in [3.05, 3.63) is 69.0 Å². The van der Waals surface area contributed by atoms with Crippen molar-refractivity contribution in [2.45, 2.75) is 6.92 Å². The number of Topliss-reactive ketones (excluding diaryl/α,β-unsaturated/α-hetero) is 1. The van der Waals surface area contributed by atoms with Crippen LogP contribution in [0.15, 0.2) is 42.2 Å². The van der Waals surface area contributed by atoms with Crippen molar-refractivity contribution < 1.29 is 28.7 Å². The van der Waals surface area contributed by atoms with E-state index >= 15 is 0 Å². The van der Waals surface area contributed by atoms with E-state index in [0.717, 1.165) is 0 Å². The molecule has 0 fully saturated rings. The number of ketones is 1. The molecule has 0 saturated heterocycles. The average Bonchev–Trinajstić information content (AvgIpc) is 2.95. The summed E-state index contributed by atoms with van der Waals surface area (Å²) in [4.78, 5) is 34.2. The van der Waals surface area contributed by atoms with Crippen LogP contribution in [0, 0.1) is 17.0 Å². The standard InChI is InChI=1S/C19H15NO7/c1-11-6-14(26-10-17(21)25-2)9-15-18(11)19(22)16(27-15)8-12-4-3-5-13(7-12)20(23)24/h3-9H,10H2,1-2H3/b16-8-. The van der Waals surface area contributed by atoms with E-state index in [-0.39, 0.29) is 23.8 Å². The van der Waals surface area contributed by atoms with Gasteiger partial charge in [-0.2, -0.15) is 0 Å². The predicted molar refractivity (Wildman–Crippen MR) is 94.7 cm³/mol. The minimum absolute atomic E-state index is 0.0544. The summed E-state index contributed by atoms with van der Waals surface area (Å²) in [6.07, 6.45) is 1.45. The molecule has 2 aromatic rings. The topological polar surface area (TPSA) is 105 Å². The molecule has 1 aliphatic heterocycles. The molecule has 0 radical (unpaired) electrons. The molecule has 8 nitrogen and oxygen atoms in total. The number of carbonyl (C=O) groups excluding carboxylic acids is 2. The fourth-order valence-electron chi connectivity index (χ4n) is 2.64. The number of nitro groups is 1. The van der Waals surface area contributed by atoms with Crippen molar-refractivity contribution in [1.29, 1.82) is 0 Å². The van der Waals surface area contributed by atoms with Crippen molar-refractivity contribution in [3.8, 4) is 11.5 Å². The summed E-state index contributed by atoms with van der Waals surface area (Å²) >= 11 is 0. The molecule has 0 saturated carbocycles. The summed E-state index contributed by atoms with van der Waals surface area (Å²) in [6.45, 7) is 1.46. The highest BCUT2D eigenvalue weighted by Gasteiger charge is 2.30. The molecule has 0 unspecified atom stereocenters. The summed E-state index contributed by atoms with van der Waals surface area (Å²) in [5.41, 5.74) is 1.40. The van der Waals surface area contributed by atoms with Crippen molar-refractivity contribution in [3.63, 3.8) is 0 Å². The third kappa shape index (κ3) is 3.79. The molecule has 0 aliphatic carbocycles. The number of ether oxygens (including phenoxy) is 3. The number of rotatable bonds is 5. The molecule has 1 aliphatic rings. The number of nitro benzene ring substituents is 1. The van der Waals surface area contributed by atoms with E-state index in [1.807, 2.05) is 0 Å². The average molecular weight is 369 g/mol. The van der Waals surface area contributed by atoms with Gasteiger partial charge in [0.05, 0.1) is 17.6 Å². The molecule has 0 atom stereocenters. The molecule has 0 bridgehead atoms. The number of carbonyl (C=O) groups is 2. The van der Waals surface area contributed by atoms with Crippen LogP contribution in [0.2, 0.25) is 0 Å². The third-order valence-corrected chi connectivity index (χ3v) is 3.91. The van der Waals surface area contributed by atoms with Crippen LogP contribution in [0.3, 0.4) is 0 Å². The first-order valence-corrected chi connectivity index (χ1v) is 7.92. The fourth-order valence-corrected chi connectivity index (χ4v) is 2.64. The van der Waals surface area contributed by atoms with Gasteiger partial charge < -0.3 is 14.2 Å². The zero-order valence-corrected chi connectivity index (χ0v) is 14.6. The van der Waals surface area contributed by atoms with Gasteiger partial charge in [-0.15, -0.1) is 0 Å². The summed E-state index contributed by atoms with van der Waals surface area (Å²) in [5.74, 6) is -0.138. The minimum atomic E-state index is -0.531. The van der Waals surface area contributed by atoms with E-state index < -0.39 is 10.9 Å². The highest BCUT2D eigenvalue weighted by atomic mass is 16.6. The van der Waals surface area contributed by atoms with E-state index in [0.29, 0.717) is 28.2 Å². The van der Waals surface area contributed by atoms with Gasteiger partial charge in [0.1, 0.15) is 11.5 Å². The first kappa shape index (κ1) is 18.1. The smallest absolute Gasteiger partial charge is 0.343 e. The molecule has 3 rings (SSSR count). The van der Waals surface area contributed by atoms with E-state index in [9.17, 15) is 19.7 Å². The first-order chi connectivity index (χ1) is 12.9. The van der Waals surface area contributed by atoms with Crippen molar-refractivity contribution >= 4 is 23.5 Å². The Morgan fingerprint density at radius 1 is 1.30 bits per heavy atom. The maximum atomic E-state index is 12.6. The van der Waals surface area contributed by atoms with Gasteiger partial charge >= 0.3 is 5.97 Å². The minimum Gasteiger partial charge on any atom is -0.482 e. The number of non-ortho nitro benzene ring substituents is 1.